The minimum Gasteiger partial charge on any atom is -0.490 e. The van der Waals surface area contributed by atoms with E-state index in [2.05, 4.69) is 15.9 Å². The molecule has 0 saturated carbocycles. The zero-order valence-corrected chi connectivity index (χ0v) is 13.7. The minimum atomic E-state index is -0.133. The molecular weight excluding hydrogens is 308 g/mol. The van der Waals surface area contributed by atoms with E-state index < -0.39 is 0 Å². The lowest BCUT2D eigenvalue weighted by Gasteiger charge is -2.20. The van der Waals surface area contributed by atoms with Crippen LogP contribution in [0.15, 0.2) is 18.2 Å². The smallest absolute Gasteiger partial charge is 0.161 e. The van der Waals surface area contributed by atoms with Crippen molar-refractivity contribution in [1.29, 1.82) is 0 Å². The molecule has 0 saturated heterocycles. The van der Waals surface area contributed by atoms with Gasteiger partial charge in [-0.2, -0.15) is 0 Å². The van der Waals surface area contributed by atoms with E-state index in [0.29, 0.717) is 19.8 Å². The molecule has 4 heteroatoms. The summed E-state index contributed by atoms with van der Waals surface area (Å²) in [6.07, 6.45) is 0. The van der Waals surface area contributed by atoms with Crippen LogP contribution >= 0.6 is 15.9 Å². The van der Waals surface area contributed by atoms with E-state index in [0.717, 1.165) is 16.8 Å². The van der Waals surface area contributed by atoms with Crippen molar-refractivity contribution in [2.45, 2.75) is 38.6 Å². The van der Waals surface area contributed by atoms with Gasteiger partial charge in [-0.1, -0.05) is 22.0 Å². The van der Waals surface area contributed by atoms with Gasteiger partial charge >= 0.3 is 0 Å². The highest BCUT2D eigenvalue weighted by Gasteiger charge is 2.10. The van der Waals surface area contributed by atoms with Crippen molar-refractivity contribution >= 4 is 15.9 Å². The molecule has 0 aliphatic heterocycles. The van der Waals surface area contributed by atoms with Gasteiger partial charge in [0.25, 0.3) is 0 Å². The van der Waals surface area contributed by atoms with Gasteiger partial charge in [0.2, 0.25) is 0 Å². The number of alkyl halides is 1. The molecule has 108 valence electrons. The van der Waals surface area contributed by atoms with Crippen LogP contribution in [0.2, 0.25) is 0 Å². The van der Waals surface area contributed by atoms with Crippen molar-refractivity contribution in [2.24, 2.45) is 0 Å². The van der Waals surface area contributed by atoms with Gasteiger partial charge in [0, 0.05) is 5.33 Å². The van der Waals surface area contributed by atoms with Gasteiger partial charge in [-0.25, -0.2) is 0 Å². The highest BCUT2D eigenvalue weighted by molar-refractivity contribution is 9.08. The first-order chi connectivity index (χ1) is 8.96. The van der Waals surface area contributed by atoms with Gasteiger partial charge in [0.05, 0.1) is 18.8 Å². The number of hydrogen-bond acceptors (Lipinski definition) is 3. The molecule has 0 fully saturated rings. The molecule has 0 aliphatic rings. The Hall–Kier alpha value is -0.740. The summed E-state index contributed by atoms with van der Waals surface area (Å²) < 4.78 is 16.9. The monoisotopic (exact) mass is 330 g/mol. The molecule has 0 N–H and O–H groups in total. The summed E-state index contributed by atoms with van der Waals surface area (Å²) in [4.78, 5) is 0. The quantitative estimate of drug-likeness (QED) is 0.554. The molecule has 0 radical (unpaired) electrons. The standard InChI is InChI=1S/C15H23BrO3/c1-5-17-14-10-12(11-16)6-7-13(14)18-8-9-19-15(2,3)4/h6-7,10H,5,8-9,11H2,1-4H3. The van der Waals surface area contributed by atoms with E-state index in [9.17, 15) is 0 Å². The van der Waals surface area contributed by atoms with Crippen LogP contribution in [0.4, 0.5) is 0 Å². The molecule has 0 aliphatic carbocycles. The molecule has 1 aromatic rings. The zero-order valence-electron chi connectivity index (χ0n) is 12.2. The van der Waals surface area contributed by atoms with Crippen LogP contribution in [0.3, 0.4) is 0 Å². The molecule has 0 aromatic heterocycles. The molecule has 19 heavy (non-hydrogen) atoms. The predicted molar refractivity (Wildman–Crippen MR) is 81.4 cm³/mol. The number of rotatable bonds is 7. The first-order valence-electron chi connectivity index (χ1n) is 6.54. The van der Waals surface area contributed by atoms with Gasteiger partial charge in [0.1, 0.15) is 6.61 Å². The lowest BCUT2D eigenvalue weighted by atomic mass is 10.2. The highest BCUT2D eigenvalue weighted by atomic mass is 79.9. The van der Waals surface area contributed by atoms with Crippen molar-refractivity contribution < 1.29 is 14.2 Å². The van der Waals surface area contributed by atoms with Crippen molar-refractivity contribution in [2.75, 3.05) is 19.8 Å². The molecule has 0 bridgehead atoms. The molecule has 0 unspecified atom stereocenters. The van der Waals surface area contributed by atoms with Crippen LogP contribution in [0.5, 0.6) is 11.5 Å². The maximum atomic E-state index is 5.72. The Morgan fingerprint density at radius 3 is 2.37 bits per heavy atom. The summed E-state index contributed by atoms with van der Waals surface area (Å²) in [7, 11) is 0. The number of hydrogen-bond donors (Lipinski definition) is 0. The van der Waals surface area contributed by atoms with Crippen molar-refractivity contribution in [3.05, 3.63) is 23.8 Å². The Kier molecular flexibility index (Phi) is 6.66. The third-order valence-electron chi connectivity index (χ3n) is 2.34. The third kappa shape index (κ3) is 6.30. The topological polar surface area (TPSA) is 27.7 Å². The lowest BCUT2D eigenvalue weighted by molar-refractivity contribution is -0.0165. The largest absolute Gasteiger partial charge is 0.490 e. The average molecular weight is 331 g/mol. The maximum Gasteiger partial charge on any atom is 0.161 e. The summed E-state index contributed by atoms with van der Waals surface area (Å²) in [5.74, 6) is 1.55. The van der Waals surface area contributed by atoms with E-state index in [1.54, 1.807) is 0 Å². The Morgan fingerprint density at radius 2 is 1.79 bits per heavy atom. The Morgan fingerprint density at radius 1 is 1.05 bits per heavy atom. The lowest BCUT2D eigenvalue weighted by Crippen LogP contribution is -2.22. The number of halogens is 1. The van der Waals surface area contributed by atoms with Crippen LogP contribution in [0, 0.1) is 0 Å². The Bertz CT molecular complexity index is 385. The molecule has 0 heterocycles. The van der Waals surface area contributed by atoms with Crippen molar-refractivity contribution in [1.82, 2.24) is 0 Å². The highest BCUT2D eigenvalue weighted by Crippen LogP contribution is 2.29. The van der Waals surface area contributed by atoms with Gasteiger partial charge in [-0.15, -0.1) is 0 Å². The molecule has 3 nitrogen and oxygen atoms in total. The normalized spacial score (nSPS) is 11.4. The molecule has 0 amide bonds. The molecule has 0 atom stereocenters. The molecule has 1 aromatic carbocycles. The van der Waals surface area contributed by atoms with Crippen LogP contribution in [0.25, 0.3) is 0 Å². The summed E-state index contributed by atoms with van der Waals surface area (Å²) in [5.41, 5.74) is 1.04. The summed E-state index contributed by atoms with van der Waals surface area (Å²) in [6, 6.07) is 5.97. The summed E-state index contributed by atoms with van der Waals surface area (Å²) in [6.45, 7) is 9.77. The summed E-state index contributed by atoms with van der Waals surface area (Å²) >= 11 is 3.44. The van der Waals surface area contributed by atoms with Crippen LogP contribution in [-0.4, -0.2) is 25.4 Å². The second kappa shape index (κ2) is 7.75. The first kappa shape index (κ1) is 16.3. The maximum absolute atomic E-state index is 5.72. The SMILES string of the molecule is CCOc1cc(CBr)ccc1OCCOC(C)(C)C. The zero-order chi connectivity index (χ0) is 14.3. The van der Waals surface area contributed by atoms with Crippen LogP contribution in [-0.2, 0) is 10.1 Å². The van der Waals surface area contributed by atoms with E-state index in [1.165, 1.54) is 5.56 Å². The Labute approximate surface area is 124 Å². The second-order valence-corrected chi connectivity index (χ2v) is 5.72. The third-order valence-corrected chi connectivity index (χ3v) is 2.99. The van der Waals surface area contributed by atoms with Crippen LogP contribution < -0.4 is 9.47 Å². The summed E-state index contributed by atoms with van der Waals surface area (Å²) in [5, 5.41) is 0.806. The van der Waals surface area contributed by atoms with E-state index in [-0.39, 0.29) is 5.60 Å². The predicted octanol–water partition coefficient (Wildman–Crippen LogP) is 4.17. The molecule has 0 spiro atoms. The molecule has 1 rings (SSSR count). The average Bonchev–Trinajstić information content (AvgIpc) is 2.35. The minimum absolute atomic E-state index is 0.133. The fourth-order valence-electron chi connectivity index (χ4n) is 1.52. The fraction of sp³-hybridized carbons (Fsp3) is 0.600. The van der Waals surface area contributed by atoms with Gasteiger partial charge in [-0.3, -0.25) is 0 Å². The van der Waals surface area contributed by atoms with Crippen LogP contribution in [0.1, 0.15) is 33.3 Å². The van der Waals surface area contributed by atoms with Gasteiger partial charge in [0.15, 0.2) is 11.5 Å². The van der Waals surface area contributed by atoms with Crippen molar-refractivity contribution in [3.63, 3.8) is 0 Å². The van der Waals surface area contributed by atoms with Gasteiger partial charge in [-0.05, 0) is 45.4 Å². The fourth-order valence-corrected chi connectivity index (χ4v) is 1.87. The molecular formula is C15H23BrO3. The van der Waals surface area contributed by atoms with E-state index in [4.69, 9.17) is 14.2 Å². The number of ether oxygens (including phenoxy) is 3. The van der Waals surface area contributed by atoms with Gasteiger partial charge < -0.3 is 14.2 Å². The Balaban J connectivity index is 2.56. The number of benzene rings is 1. The first-order valence-corrected chi connectivity index (χ1v) is 7.67. The second-order valence-electron chi connectivity index (χ2n) is 5.16. The van der Waals surface area contributed by atoms with E-state index in [1.807, 2.05) is 45.9 Å². The van der Waals surface area contributed by atoms with E-state index >= 15 is 0 Å². The van der Waals surface area contributed by atoms with Crippen molar-refractivity contribution in [3.8, 4) is 11.5 Å².